The van der Waals surface area contributed by atoms with Crippen LogP contribution in [0.15, 0.2) is 206 Å². The topological polar surface area (TPSA) is 11.4 Å². The van der Waals surface area contributed by atoms with Crippen LogP contribution < -0.4 is 26.2 Å². The van der Waals surface area contributed by atoms with Crippen molar-refractivity contribution in [3.8, 4) is 26.6 Å². The van der Waals surface area contributed by atoms with E-state index in [1.807, 2.05) is 22.7 Å². The van der Waals surface area contributed by atoms with Crippen LogP contribution in [0.5, 0.6) is 0 Å². The number of anilines is 6. The molecular weight excluding hydrogens is 910 g/mol. The minimum atomic E-state index is -0.0788. The van der Waals surface area contributed by atoms with Gasteiger partial charge < -0.3 is 14.4 Å². The number of aromatic nitrogens is 1. The zero-order valence-electron chi connectivity index (χ0n) is 41.4. The third-order valence-electron chi connectivity index (χ3n) is 15.3. The summed E-state index contributed by atoms with van der Waals surface area (Å²) < 4.78 is 5.07. The van der Waals surface area contributed by atoms with E-state index < -0.39 is 0 Å². The van der Waals surface area contributed by atoms with E-state index in [1.54, 1.807) is 0 Å². The average Bonchev–Trinajstić information content (AvgIpc) is 4.09. The van der Waals surface area contributed by atoms with Gasteiger partial charge in [-0.15, -0.1) is 22.7 Å². The SMILES string of the molecule is CC(C)(C)c1ccc2c(c1)B1c3cc(C(C)(C)C)ccc3N(c3c(-c4ccccc4)sc4ccccc34)c3cc(-n4c5ccccc5c5ccccc54)cc(c31)N2c1c(-c2ccccc2)sc2ccccc12. The summed E-state index contributed by atoms with van der Waals surface area (Å²) >= 11 is 3.79. The molecule has 0 amide bonds. The quantitative estimate of drug-likeness (QED) is 0.159. The van der Waals surface area contributed by atoms with Gasteiger partial charge in [0.25, 0.3) is 6.71 Å². The molecule has 9 aromatic carbocycles. The van der Waals surface area contributed by atoms with Crippen molar-refractivity contribution in [1.29, 1.82) is 0 Å². The summed E-state index contributed by atoms with van der Waals surface area (Å²) in [5, 5.41) is 4.99. The Hall–Kier alpha value is -7.64. The second-order valence-corrected chi connectivity index (χ2v) is 23.8. The van der Waals surface area contributed by atoms with E-state index in [-0.39, 0.29) is 17.5 Å². The number of thiophene rings is 2. The molecule has 0 unspecified atom stereocenters. The summed E-state index contributed by atoms with van der Waals surface area (Å²) in [5.74, 6) is 0. The molecule has 2 aliphatic rings. The zero-order valence-corrected chi connectivity index (χ0v) is 43.0. The van der Waals surface area contributed by atoms with Crippen LogP contribution in [-0.4, -0.2) is 11.3 Å². The monoisotopic (exact) mass is 961 g/mol. The molecule has 3 nitrogen and oxygen atoms in total. The van der Waals surface area contributed by atoms with Gasteiger partial charge in [-0.1, -0.05) is 199 Å². The van der Waals surface area contributed by atoms with Crippen molar-refractivity contribution in [2.24, 2.45) is 0 Å². The van der Waals surface area contributed by atoms with Crippen molar-refractivity contribution in [2.75, 3.05) is 9.80 Å². The van der Waals surface area contributed by atoms with E-state index in [4.69, 9.17) is 0 Å². The summed E-state index contributed by atoms with van der Waals surface area (Å²) in [5.41, 5.74) is 19.7. The van der Waals surface area contributed by atoms with Crippen molar-refractivity contribution in [3.63, 3.8) is 0 Å². The van der Waals surface area contributed by atoms with E-state index >= 15 is 0 Å². The third kappa shape index (κ3) is 6.48. The Kier molecular flexibility index (Phi) is 9.56. The summed E-state index contributed by atoms with van der Waals surface area (Å²) in [4.78, 5) is 7.87. The molecule has 14 rings (SSSR count). The minimum absolute atomic E-state index is 0.0700. The van der Waals surface area contributed by atoms with E-state index in [0.29, 0.717) is 0 Å². The third-order valence-corrected chi connectivity index (χ3v) is 17.7. The lowest BCUT2D eigenvalue weighted by molar-refractivity contribution is 0.590. The van der Waals surface area contributed by atoms with Crippen LogP contribution in [0.3, 0.4) is 0 Å². The highest BCUT2D eigenvalue weighted by atomic mass is 32.1. The summed E-state index contributed by atoms with van der Waals surface area (Å²) in [7, 11) is 0. The first-order valence-electron chi connectivity index (χ1n) is 25.2. The Morgan fingerprint density at radius 3 is 1.19 bits per heavy atom. The summed E-state index contributed by atoms with van der Waals surface area (Å²) in [6.45, 7) is 14.1. The Labute approximate surface area is 430 Å². The highest BCUT2D eigenvalue weighted by molar-refractivity contribution is 7.23. The maximum absolute atomic E-state index is 2.68. The molecule has 0 saturated heterocycles. The van der Waals surface area contributed by atoms with Gasteiger partial charge in [-0.25, -0.2) is 0 Å². The first-order valence-corrected chi connectivity index (χ1v) is 26.8. The summed E-state index contributed by atoms with van der Waals surface area (Å²) in [6, 6.07) is 78.0. The van der Waals surface area contributed by atoms with Crippen molar-refractivity contribution < 1.29 is 0 Å². The number of nitrogens with zero attached hydrogens (tertiary/aromatic N) is 3. The van der Waals surface area contributed by atoms with Gasteiger partial charge in [0.05, 0.1) is 37.8 Å². The Morgan fingerprint density at radius 1 is 0.375 bits per heavy atom. The van der Waals surface area contributed by atoms with Crippen molar-refractivity contribution >= 4 is 122 Å². The fourth-order valence-corrected chi connectivity index (χ4v) is 14.2. The molecule has 0 bridgehead atoms. The van der Waals surface area contributed by atoms with Crippen molar-refractivity contribution in [3.05, 3.63) is 217 Å². The minimum Gasteiger partial charge on any atom is -0.309 e. The van der Waals surface area contributed by atoms with Crippen molar-refractivity contribution in [2.45, 2.75) is 52.4 Å². The molecule has 0 saturated carbocycles. The smallest absolute Gasteiger partial charge is 0.252 e. The van der Waals surface area contributed by atoms with Crippen LogP contribution in [0.1, 0.15) is 52.7 Å². The number of benzene rings is 9. The normalized spacial score (nSPS) is 13.3. The van der Waals surface area contributed by atoms with Gasteiger partial charge in [0.2, 0.25) is 0 Å². The highest BCUT2D eigenvalue weighted by Gasteiger charge is 2.46. The van der Waals surface area contributed by atoms with Crippen LogP contribution in [0.25, 0.3) is 68.5 Å². The lowest BCUT2D eigenvalue weighted by atomic mass is 9.33. The van der Waals surface area contributed by atoms with Crippen molar-refractivity contribution in [1.82, 2.24) is 4.57 Å². The Morgan fingerprint density at radius 2 is 0.764 bits per heavy atom. The van der Waals surface area contributed by atoms with Crippen LogP contribution in [0, 0.1) is 0 Å². The predicted molar refractivity (Wildman–Crippen MR) is 314 cm³/mol. The fraction of sp³-hybridized carbons (Fsp3) is 0.121. The summed E-state index contributed by atoms with van der Waals surface area (Å²) in [6.07, 6.45) is 0. The van der Waals surface area contributed by atoms with Gasteiger partial charge in [0.15, 0.2) is 0 Å². The molecule has 72 heavy (non-hydrogen) atoms. The van der Waals surface area contributed by atoms with Gasteiger partial charge in [0.1, 0.15) is 0 Å². The highest BCUT2D eigenvalue weighted by Crippen LogP contribution is 2.55. The standard InChI is InChI=1S/C66H52BN3S2/c1-65(2,3)43-33-35-54-50(37-43)67-51-38-44(66(4,5)6)34-36-55(51)70(62-49-28-16-20-32-59(49)72-64(62)42-23-11-8-12-24-42)57-40-45(68-52-29-17-13-25-46(52)47-26-14-18-30-53(47)68)39-56(60(57)67)69(54)61-48-27-15-19-31-58(48)71-63(61)41-21-9-7-10-22-41/h7-40H,1-6H3. The number of hydrogen-bond acceptors (Lipinski definition) is 4. The molecule has 5 heterocycles. The van der Waals surface area contributed by atoms with Gasteiger partial charge in [-0.05, 0) is 98.0 Å². The number of hydrogen-bond donors (Lipinski definition) is 0. The molecule has 2 aliphatic heterocycles. The molecule has 346 valence electrons. The molecule has 0 aliphatic carbocycles. The largest absolute Gasteiger partial charge is 0.309 e. The second kappa shape index (κ2) is 15.9. The van der Waals surface area contributed by atoms with Gasteiger partial charge >= 0.3 is 0 Å². The van der Waals surface area contributed by atoms with E-state index in [0.717, 1.165) is 5.69 Å². The average molecular weight is 962 g/mol. The first kappa shape index (κ1) is 43.2. The zero-order chi connectivity index (χ0) is 48.6. The van der Waals surface area contributed by atoms with Gasteiger partial charge in [-0.3, -0.25) is 0 Å². The van der Waals surface area contributed by atoms with E-state index in [2.05, 4.69) is 262 Å². The maximum Gasteiger partial charge on any atom is 0.252 e. The molecule has 0 N–H and O–H groups in total. The number of para-hydroxylation sites is 2. The van der Waals surface area contributed by atoms with Crippen LogP contribution in [-0.2, 0) is 10.8 Å². The molecule has 12 aromatic rings. The number of rotatable bonds is 5. The molecule has 0 spiro atoms. The lowest BCUT2D eigenvalue weighted by Gasteiger charge is -2.45. The van der Waals surface area contributed by atoms with E-state index in [9.17, 15) is 0 Å². The molecular formula is C66H52BN3S2. The van der Waals surface area contributed by atoms with Crippen LogP contribution in [0.2, 0.25) is 0 Å². The molecule has 6 heteroatoms. The van der Waals surface area contributed by atoms with Crippen LogP contribution >= 0.6 is 22.7 Å². The van der Waals surface area contributed by atoms with Gasteiger partial charge in [0, 0.05) is 53.7 Å². The first-order chi connectivity index (χ1) is 35.0. The van der Waals surface area contributed by atoms with E-state index in [1.165, 1.54) is 124 Å². The number of fused-ring (bicyclic) bond motifs is 9. The van der Waals surface area contributed by atoms with Crippen LogP contribution in [0.4, 0.5) is 34.1 Å². The fourth-order valence-electron chi connectivity index (χ4n) is 11.8. The Balaban J connectivity index is 1.20. The second-order valence-electron chi connectivity index (χ2n) is 21.7. The molecule has 0 atom stereocenters. The molecule has 0 fully saturated rings. The lowest BCUT2D eigenvalue weighted by Crippen LogP contribution is -2.61. The van der Waals surface area contributed by atoms with Gasteiger partial charge in [-0.2, -0.15) is 0 Å². The molecule has 3 aromatic heterocycles. The Bertz CT molecular complexity index is 3890. The maximum atomic E-state index is 2.68. The predicted octanol–water partition coefficient (Wildman–Crippen LogP) is 17.2. The molecule has 0 radical (unpaired) electrons.